The van der Waals surface area contributed by atoms with Gasteiger partial charge in [-0.15, -0.1) is 5.10 Å². The number of rotatable bonds is 8. The van der Waals surface area contributed by atoms with Crippen molar-refractivity contribution in [2.24, 2.45) is 7.05 Å². The number of carbonyl (C=O) groups is 2. The molecular weight excluding hydrogens is 490 g/mol. The lowest BCUT2D eigenvalue weighted by atomic mass is 9.84. The molecule has 0 aliphatic carbocycles. The van der Waals surface area contributed by atoms with Crippen LogP contribution in [0.3, 0.4) is 0 Å². The van der Waals surface area contributed by atoms with Gasteiger partial charge in [0.15, 0.2) is 0 Å². The standard InChI is InChI=1S/C27H27N5O6/c1-16-5-6-18(23(14-25(33)34)22-11-12-24-26(17(22)2)28-29-31(24)4)13-19(16)15-30(3)27(35)38-21-9-7-20(8-10-21)32(36)37/h5-13,23H,14-15H2,1-4H3,(H,33,34). The first-order valence-electron chi connectivity index (χ1n) is 11.8. The Morgan fingerprint density at radius 3 is 2.50 bits per heavy atom. The van der Waals surface area contributed by atoms with Gasteiger partial charge in [-0.3, -0.25) is 14.9 Å². The highest BCUT2D eigenvalue weighted by Crippen LogP contribution is 2.34. The van der Waals surface area contributed by atoms with E-state index in [1.54, 1.807) is 18.8 Å². The molecule has 4 rings (SSSR count). The summed E-state index contributed by atoms with van der Waals surface area (Å²) in [6.45, 7) is 4.05. The van der Waals surface area contributed by atoms with Gasteiger partial charge < -0.3 is 14.7 Å². The van der Waals surface area contributed by atoms with E-state index in [1.165, 1.54) is 29.2 Å². The van der Waals surface area contributed by atoms with Crippen molar-refractivity contribution in [2.75, 3.05) is 7.05 Å². The minimum Gasteiger partial charge on any atom is -0.481 e. The third-order valence-corrected chi connectivity index (χ3v) is 6.58. The van der Waals surface area contributed by atoms with E-state index < -0.39 is 22.9 Å². The summed E-state index contributed by atoms with van der Waals surface area (Å²) in [5.74, 6) is -1.18. The summed E-state index contributed by atoms with van der Waals surface area (Å²) in [7, 11) is 3.39. The number of carbonyl (C=O) groups excluding carboxylic acids is 1. The van der Waals surface area contributed by atoms with E-state index in [-0.39, 0.29) is 24.4 Å². The number of nitro groups is 1. The van der Waals surface area contributed by atoms with Gasteiger partial charge in [0.25, 0.3) is 5.69 Å². The van der Waals surface area contributed by atoms with Crippen LogP contribution in [0, 0.1) is 24.0 Å². The maximum atomic E-state index is 12.7. The molecule has 1 heterocycles. The van der Waals surface area contributed by atoms with Crippen molar-refractivity contribution in [1.29, 1.82) is 0 Å². The van der Waals surface area contributed by atoms with E-state index in [9.17, 15) is 24.8 Å². The third kappa shape index (κ3) is 5.46. The second kappa shape index (κ2) is 10.7. The maximum Gasteiger partial charge on any atom is 0.415 e. The fourth-order valence-electron chi connectivity index (χ4n) is 4.42. The van der Waals surface area contributed by atoms with E-state index in [0.717, 1.165) is 38.9 Å². The number of ether oxygens (including phenoxy) is 1. The number of hydrogen-bond acceptors (Lipinski definition) is 7. The van der Waals surface area contributed by atoms with Crippen molar-refractivity contribution in [1.82, 2.24) is 19.9 Å². The van der Waals surface area contributed by atoms with Crippen molar-refractivity contribution in [3.05, 3.63) is 92.5 Å². The van der Waals surface area contributed by atoms with Crippen LogP contribution in [0.1, 0.15) is 40.2 Å². The smallest absolute Gasteiger partial charge is 0.415 e. The van der Waals surface area contributed by atoms with Crippen LogP contribution in [0.4, 0.5) is 10.5 Å². The molecule has 0 fully saturated rings. The molecule has 4 aromatic rings. The SMILES string of the molecule is Cc1ccc(C(CC(=O)O)c2ccc3c(nnn3C)c2C)cc1CN(C)C(=O)Oc1ccc([N+](=O)[O-])cc1. The number of carboxylic acid groups (broad SMARTS) is 1. The molecule has 0 radical (unpaired) electrons. The summed E-state index contributed by atoms with van der Waals surface area (Å²) in [5, 5.41) is 28.9. The normalized spacial score (nSPS) is 11.8. The molecule has 1 N–H and O–H groups in total. The van der Waals surface area contributed by atoms with Crippen molar-refractivity contribution in [3.8, 4) is 5.75 Å². The summed E-state index contributed by atoms with van der Waals surface area (Å²) in [6, 6.07) is 14.8. The molecule has 11 heteroatoms. The van der Waals surface area contributed by atoms with Crippen molar-refractivity contribution in [2.45, 2.75) is 32.7 Å². The Hall–Kier alpha value is -4.80. The minimum atomic E-state index is -0.931. The zero-order valence-corrected chi connectivity index (χ0v) is 21.4. The summed E-state index contributed by atoms with van der Waals surface area (Å²) in [4.78, 5) is 36.2. The minimum absolute atomic E-state index is 0.102. The molecular formula is C27H27N5O6. The molecule has 0 spiro atoms. The number of non-ortho nitro benzene ring substituents is 1. The predicted octanol–water partition coefficient (Wildman–Crippen LogP) is 4.73. The number of aliphatic carboxylic acids is 1. The van der Waals surface area contributed by atoms with Gasteiger partial charge in [-0.25, -0.2) is 9.48 Å². The number of carboxylic acids is 1. The monoisotopic (exact) mass is 517 g/mol. The molecule has 1 unspecified atom stereocenters. The van der Waals surface area contributed by atoms with Crippen LogP contribution >= 0.6 is 0 Å². The van der Waals surface area contributed by atoms with Gasteiger partial charge in [0.05, 0.1) is 16.9 Å². The molecule has 0 saturated carbocycles. The van der Waals surface area contributed by atoms with E-state index >= 15 is 0 Å². The fourth-order valence-corrected chi connectivity index (χ4v) is 4.42. The molecule has 3 aromatic carbocycles. The molecule has 1 amide bonds. The zero-order chi connectivity index (χ0) is 27.6. The predicted molar refractivity (Wildman–Crippen MR) is 139 cm³/mol. The lowest BCUT2D eigenvalue weighted by Gasteiger charge is -2.22. The van der Waals surface area contributed by atoms with Crippen LogP contribution in [-0.2, 0) is 18.4 Å². The molecule has 0 saturated heterocycles. The van der Waals surface area contributed by atoms with E-state index in [1.807, 2.05) is 44.2 Å². The van der Waals surface area contributed by atoms with Gasteiger partial charge in [-0.1, -0.05) is 29.5 Å². The number of hydrogen-bond donors (Lipinski definition) is 1. The first-order chi connectivity index (χ1) is 18.0. The Morgan fingerprint density at radius 2 is 1.84 bits per heavy atom. The van der Waals surface area contributed by atoms with Crippen LogP contribution in [0.2, 0.25) is 0 Å². The van der Waals surface area contributed by atoms with Crippen molar-refractivity contribution in [3.63, 3.8) is 0 Å². The lowest BCUT2D eigenvalue weighted by molar-refractivity contribution is -0.384. The highest BCUT2D eigenvalue weighted by Gasteiger charge is 2.23. The van der Waals surface area contributed by atoms with E-state index in [0.29, 0.717) is 0 Å². The summed E-state index contributed by atoms with van der Waals surface area (Å²) >= 11 is 0. The van der Waals surface area contributed by atoms with Crippen LogP contribution in [0.15, 0.2) is 54.6 Å². The van der Waals surface area contributed by atoms with Gasteiger partial charge in [0.1, 0.15) is 11.3 Å². The molecule has 1 atom stereocenters. The van der Waals surface area contributed by atoms with Gasteiger partial charge in [0.2, 0.25) is 0 Å². The first-order valence-corrected chi connectivity index (χ1v) is 11.8. The third-order valence-electron chi connectivity index (χ3n) is 6.58. The molecule has 0 aliphatic rings. The Kier molecular flexibility index (Phi) is 7.38. The number of benzene rings is 3. The Morgan fingerprint density at radius 1 is 1.13 bits per heavy atom. The van der Waals surface area contributed by atoms with Crippen molar-refractivity contribution < 1.29 is 24.4 Å². The van der Waals surface area contributed by atoms with Gasteiger partial charge in [-0.2, -0.15) is 0 Å². The number of nitrogens with zero attached hydrogens (tertiary/aromatic N) is 5. The topological polar surface area (TPSA) is 141 Å². The Balaban J connectivity index is 1.59. The number of amides is 1. The number of aryl methyl sites for hydroxylation is 3. The Labute approximate surface area is 218 Å². The highest BCUT2D eigenvalue weighted by atomic mass is 16.6. The van der Waals surface area contributed by atoms with Crippen LogP contribution in [-0.4, -0.2) is 49.0 Å². The quantitative estimate of drug-likeness (QED) is 0.261. The summed E-state index contributed by atoms with van der Waals surface area (Å²) in [5.41, 5.74) is 5.76. The van der Waals surface area contributed by atoms with Crippen LogP contribution in [0.25, 0.3) is 11.0 Å². The first kappa shape index (κ1) is 26.3. The average molecular weight is 518 g/mol. The summed E-state index contributed by atoms with van der Waals surface area (Å²) < 4.78 is 7.03. The number of nitro benzene ring substituents is 1. The van der Waals surface area contributed by atoms with E-state index in [2.05, 4.69) is 10.3 Å². The molecule has 0 aliphatic heterocycles. The van der Waals surface area contributed by atoms with Crippen LogP contribution < -0.4 is 4.74 Å². The second-order valence-electron chi connectivity index (χ2n) is 9.17. The molecule has 196 valence electrons. The molecule has 0 bridgehead atoms. The zero-order valence-electron chi connectivity index (χ0n) is 21.4. The Bertz CT molecular complexity index is 1530. The maximum absolute atomic E-state index is 12.7. The van der Waals surface area contributed by atoms with Crippen LogP contribution in [0.5, 0.6) is 5.75 Å². The lowest BCUT2D eigenvalue weighted by Crippen LogP contribution is -2.29. The molecule has 1 aromatic heterocycles. The fraction of sp³-hybridized carbons (Fsp3) is 0.259. The largest absolute Gasteiger partial charge is 0.481 e. The van der Waals surface area contributed by atoms with Gasteiger partial charge >= 0.3 is 12.1 Å². The molecule has 38 heavy (non-hydrogen) atoms. The van der Waals surface area contributed by atoms with Gasteiger partial charge in [-0.05, 0) is 59.9 Å². The molecule has 11 nitrogen and oxygen atoms in total. The van der Waals surface area contributed by atoms with Crippen molar-refractivity contribution >= 4 is 28.8 Å². The highest BCUT2D eigenvalue weighted by molar-refractivity contribution is 5.80. The number of fused-ring (bicyclic) bond motifs is 1. The van der Waals surface area contributed by atoms with E-state index in [4.69, 9.17) is 4.74 Å². The summed E-state index contributed by atoms with van der Waals surface area (Å²) in [6.07, 6.45) is -0.748. The number of aromatic nitrogens is 3. The second-order valence-corrected chi connectivity index (χ2v) is 9.17. The van der Waals surface area contributed by atoms with Gasteiger partial charge in [0, 0.05) is 38.7 Å². The average Bonchev–Trinajstić information content (AvgIpc) is 3.26.